The fourth-order valence-electron chi connectivity index (χ4n) is 2.66. The van der Waals surface area contributed by atoms with E-state index >= 15 is 0 Å². The van der Waals surface area contributed by atoms with Crippen LogP contribution in [0.4, 0.5) is 0 Å². The van der Waals surface area contributed by atoms with Crippen molar-refractivity contribution >= 4 is 11.1 Å². The number of aryl methyl sites for hydroxylation is 2. The summed E-state index contributed by atoms with van der Waals surface area (Å²) in [6, 6.07) is 2.22. The van der Waals surface area contributed by atoms with Gasteiger partial charge in [0.15, 0.2) is 11.5 Å². The summed E-state index contributed by atoms with van der Waals surface area (Å²) < 4.78 is 5.82. The van der Waals surface area contributed by atoms with Crippen LogP contribution in [0, 0.1) is 6.92 Å². The number of oxazole rings is 1. The molecule has 3 heteroatoms. The SMILES string of the molecule is CCc1nc2cc3c(c(C)c2o1)CCNCC3. The molecule has 1 aliphatic heterocycles. The summed E-state index contributed by atoms with van der Waals surface area (Å²) in [5.74, 6) is 0.849. The van der Waals surface area contributed by atoms with Gasteiger partial charge in [0.2, 0.25) is 0 Å². The van der Waals surface area contributed by atoms with Crippen molar-refractivity contribution in [3.63, 3.8) is 0 Å². The first kappa shape index (κ1) is 10.8. The zero-order valence-corrected chi connectivity index (χ0v) is 10.5. The van der Waals surface area contributed by atoms with Crippen molar-refractivity contribution in [1.82, 2.24) is 10.3 Å². The molecule has 3 rings (SSSR count). The Labute approximate surface area is 101 Å². The number of fused-ring (bicyclic) bond motifs is 2. The van der Waals surface area contributed by atoms with E-state index in [4.69, 9.17) is 4.42 Å². The van der Waals surface area contributed by atoms with Crippen LogP contribution in [0.15, 0.2) is 10.5 Å². The molecular formula is C14H18N2O. The van der Waals surface area contributed by atoms with E-state index < -0.39 is 0 Å². The molecule has 3 nitrogen and oxygen atoms in total. The summed E-state index contributed by atoms with van der Waals surface area (Å²) in [7, 11) is 0. The first-order chi connectivity index (χ1) is 8.29. The van der Waals surface area contributed by atoms with Crippen molar-refractivity contribution in [3.05, 3.63) is 28.6 Å². The molecule has 0 bridgehead atoms. The number of aromatic nitrogens is 1. The molecule has 0 fully saturated rings. The maximum atomic E-state index is 5.82. The fourth-order valence-corrected chi connectivity index (χ4v) is 2.66. The van der Waals surface area contributed by atoms with Crippen LogP contribution in [0.1, 0.15) is 29.5 Å². The molecular weight excluding hydrogens is 212 g/mol. The zero-order valence-electron chi connectivity index (χ0n) is 10.5. The number of hydrogen-bond donors (Lipinski definition) is 1. The van der Waals surface area contributed by atoms with Crippen molar-refractivity contribution in [2.45, 2.75) is 33.1 Å². The lowest BCUT2D eigenvalue weighted by atomic mass is 9.97. The average Bonchev–Trinajstić information content (AvgIpc) is 2.60. The lowest BCUT2D eigenvalue weighted by Crippen LogP contribution is -2.16. The molecule has 17 heavy (non-hydrogen) atoms. The maximum Gasteiger partial charge on any atom is 0.195 e. The topological polar surface area (TPSA) is 38.1 Å². The quantitative estimate of drug-likeness (QED) is 0.817. The summed E-state index contributed by atoms with van der Waals surface area (Å²) in [6.45, 7) is 6.37. The Bertz CT molecular complexity index is 557. The number of benzene rings is 1. The number of rotatable bonds is 1. The van der Waals surface area contributed by atoms with Gasteiger partial charge in [-0.25, -0.2) is 4.98 Å². The van der Waals surface area contributed by atoms with E-state index in [-0.39, 0.29) is 0 Å². The van der Waals surface area contributed by atoms with Crippen LogP contribution in [-0.2, 0) is 19.3 Å². The summed E-state index contributed by atoms with van der Waals surface area (Å²) in [6.07, 6.45) is 3.06. The smallest absolute Gasteiger partial charge is 0.195 e. The van der Waals surface area contributed by atoms with E-state index in [2.05, 4.69) is 30.2 Å². The Morgan fingerprint density at radius 2 is 2.18 bits per heavy atom. The highest BCUT2D eigenvalue weighted by molar-refractivity contribution is 5.79. The molecule has 0 spiro atoms. The van der Waals surface area contributed by atoms with Gasteiger partial charge in [0, 0.05) is 6.42 Å². The van der Waals surface area contributed by atoms with Crippen LogP contribution in [-0.4, -0.2) is 18.1 Å². The van der Waals surface area contributed by atoms with Crippen LogP contribution in [0.3, 0.4) is 0 Å². The standard InChI is InChI=1S/C14H18N2O/c1-3-13-16-12-8-10-4-6-15-7-5-11(10)9(2)14(12)17-13/h8,15H,3-7H2,1-2H3. The number of hydrogen-bond acceptors (Lipinski definition) is 3. The van der Waals surface area contributed by atoms with E-state index in [1.807, 2.05) is 0 Å². The highest BCUT2D eigenvalue weighted by atomic mass is 16.3. The van der Waals surface area contributed by atoms with E-state index in [1.54, 1.807) is 0 Å². The van der Waals surface area contributed by atoms with Gasteiger partial charge < -0.3 is 9.73 Å². The largest absolute Gasteiger partial charge is 0.440 e. The third-order valence-electron chi connectivity index (χ3n) is 3.61. The number of nitrogens with one attached hydrogen (secondary N) is 1. The van der Waals surface area contributed by atoms with Gasteiger partial charge in [0.25, 0.3) is 0 Å². The van der Waals surface area contributed by atoms with Crippen LogP contribution in [0.5, 0.6) is 0 Å². The molecule has 0 saturated carbocycles. The molecule has 0 unspecified atom stereocenters. The van der Waals surface area contributed by atoms with Gasteiger partial charge in [-0.1, -0.05) is 6.92 Å². The predicted octanol–water partition coefficient (Wildman–Crippen LogP) is 2.39. The Hall–Kier alpha value is -1.35. The molecule has 90 valence electrons. The van der Waals surface area contributed by atoms with Crippen LogP contribution < -0.4 is 5.32 Å². The van der Waals surface area contributed by atoms with Gasteiger partial charge >= 0.3 is 0 Å². The Balaban J connectivity index is 2.23. The minimum atomic E-state index is 0.849. The summed E-state index contributed by atoms with van der Waals surface area (Å²) in [4.78, 5) is 4.54. The summed E-state index contributed by atoms with van der Waals surface area (Å²) in [5, 5.41) is 3.44. The van der Waals surface area contributed by atoms with Crippen LogP contribution in [0.2, 0.25) is 0 Å². The highest BCUT2D eigenvalue weighted by Crippen LogP contribution is 2.27. The van der Waals surface area contributed by atoms with Crippen molar-refractivity contribution < 1.29 is 4.42 Å². The second kappa shape index (κ2) is 4.15. The molecule has 0 amide bonds. The number of nitrogens with zero attached hydrogens (tertiary/aromatic N) is 1. The molecule has 0 atom stereocenters. The third kappa shape index (κ3) is 1.75. The highest BCUT2D eigenvalue weighted by Gasteiger charge is 2.16. The fraction of sp³-hybridized carbons (Fsp3) is 0.500. The lowest BCUT2D eigenvalue weighted by Gasteiger charge is -2.08. The van der Waals surface area contributed by atoms with E-state index in [0.29, 0.717) is 0 Å². The molecule has 1 aromatic heterocycles. The molecule has 0 radical (unpaired) electrons. The minimum absolute atomic E-state index is 0.849. The maximum absolute atomic E-state index is 5.82. The molecule has 1 aliphatic rings. The molecule has 0 aliphatic carbocycles. The predicted molar refractivity (Wildman–Crippen MR) is 68.4 cm³/mol. The first-order valence-corrected chi connectivity index (χ1v) is 6.41. The summed E-state index contributed by atoms with van der Waals surface area (Å²) in [5.41, 5.74) is 6.20. The van der Waals surface area contributed by atoms with Crippen LogP contribution >= 0.6 is 0 Å². The van der Waals surface area contributed by atoms with E-state index in [9.17, 15) is 0 Å². The molecule has 1 aromatic carbocycles. The lowest BCUT2D eigenvalue weighted by molar-refractivity contribution is 0.536. The zero-order chi connectivity index (χ0) is 11.8. The normalized spacial score (nSPS) is 15.9. The molecule has 0 saturated heterocycles. The van der Waals surface area contributed by atoms with E-state index in [0.717, 1.165) is 49.3 Å². The molecule has 2 heterocycles. The third-order valence-corrected chi connectivity index (χ3v) is 3.61. The second-order valence-electron chi connectivity index (χ2n) is 4.70. The van der Waals surface area contributed by atoms with Gasteiger partial charge in [-0.05, 0) is 55.6 Å². The Kier molecular flexibility index (Phi) is 2.63. The Morgan fingerprint density at radius 3 is 3.00 bits per heavy atom. The van der Waals surface area contributed by atoms with Crippen molar-refractivity contribution in [2.75, 3.05) is 13.1 Å². The summed E-state index contributed by atoms with van der Waals surface area (Å²) >= 11 is 0. The monoisotopic (exact) mass is 230 g/mol. The second-order valence-corrected chi connectivity index (χ2v) is 4.70. The van der Waals surface area contributed by atoms with Crippen LogP contribution in [0.25, 0.3) is 11.1 Å². The van der Waals surface area contributed by atoms with Gasteiger partial charge in [0.05, 0.1) is 0 Å². The molecule has 1 N–H and O–H groups in total. The molecule has 2 aromatic rings. The van der Waals surface area contributed by atoms with Gasteiger partial charge in [-0.15, -0.1) is 0 Å². The van der Waals surface area contributed by atoms with Crippen molar-refractivity contribution in [2.24, 2.45) is 0 Å². The first-order valence-electron chi connectivity index (χ1n) is 6.41. The minimum Gasteiger partial charge on any atom is -0.440 e. The van der Waals surface area contributed by atoms with Gasteiger partial charge in [0.1, 0.15) is 5.52 Å². The van der Waals surface area contributed by atoms with Gasteiger partial charge in [-0.2, -0.15) is 0 Å². The Morgan fingerprint density at radius 1 is 1.35 bits per heavy atom. The van der Waals surface area contributed by atoms with Crippen molar-refractivity contribution in [1.29, 1.82) is 0 Å². The van der Waals surface area contributed by atoms with E-state index in [1.165, 1.54) is 16.7 Å². The van der Waals surface area contributed by atoms with Crippen molar-refractivity contribution in [3.8, 4) is 0 Å². The average molecular weight is 230 g/mol. The van der Waals surface area contributed by atoms with Gasteiger partial charge in [-0.3, -0.25) is 0 Å².